The maximum absolute atomic E-state index is 10.7. The van der Waals surface area contributed by atoms with Gasteiger partial charge in [-0.1, -0.05) is 11.2 Å². The molecule has 0 bridgehead atoms. The lowest BCUT2D eigenvalue weighted by Crippen LogP contribution is -1.88. The van der Waals surface area contributed by atoms with Crippen LogP contribution >= 0.6 is 11.3 Å². The molecule has 0 N–H and O–H groups in total. The van der Waals surface area contributed by atoms with Gasteiger partial charge in [0.2, 0.25) is 0 Å². The molecule has 0 radical (unpaired) electrons. The van der Waals surface area contributed by atoms with E-state index in [4.69, 9.17) is 5.53 Å². The lowest BCUT2D eigenvalue weighted by atomic mass is 10.1. The predicted molar refractivity (Wildman–Crippen MR) is 65.2 cm³/mol. The molecule has 0 fully saturated rings. The van der Waals surface area contributed by atoms with Gasteiger partial charge in [0.05, 0.1) is 4.92 Å². The van der Waals surface area contributed by atoms with Gasteiger partial charge in [0.15, 0.2) is 0 Å². The van der Waals surface area contributed by atoms with E-state index in [0.717, 1.165) is 10.4 Å². The molecule has 0 aliphatic rings. The fraction of sp³-hybridized carbons (Fsp3) is 0. The van der Waals surface area contributed by atoms with Crippen LogP contribution in [0.2, 0.25) is 0 Å². The highest BCUT2D eigenvalue weighted by Crippen LogP contribution is 2.34. The van der Waals surface area contributed by atoms with Crippen molar-refractivity contribution in [3.8, 4) is 10.4 Å². The number of thiophene rings is 1. The first kappa shape index (κ1) is 11.1. The Bertz CT molecular complexity index is 603. The zero-order valence-corrected chi connectivity index (χ0v) is 9.29. The summed E-state index contributed by atoms with van der Waals surface area (Å²) in [5.41, 5.74) is 9.02. The lowest BCUT2D eigenvalue weighted by molar-refractivity contribution is -0.384. The predicted octanol–water partition coefficient (Wildman–Crippen LogP) is 4.27. The summed E-state index contributed by atoms with van der Waals surface area (Å²) in [5, 5.41) is 16.0. The summed E-state index contributed by atoms with van der Waals surface area (Å²) >= 11 is 1.51. The summed E-state index contributed by atoms with van der Waals surface area (Å²) in [6.07, 6.45) is 0. The lowest BCUT2D eigenvalue weighted by Gasteiger charge is -2.00. The van der Waals surface area contributed by atoms with E-state index >= 15 is 0 Å². The van der Waals surface area contributed by atoms with Crippen LogP contribution in [0.3, 0.4) is 0 Å². The first-order valence-electron chi connectivity index (χ1n) is 4.60. The quantitative estimate of drug-likeness (QED) is 0.266. The van der Waals surface area contributed by atoms with Crippen molar-refractivity contribution in [1.29, 1.82) is 0 Å². The molecule has 17 heavy (non-hydrogen) atoms. The Hall–Kier alpha value is -2.37. The van der Waals surface area contributed by atoms with Crippen molar-refractivity contribution >= 4 is 22.7 Å². The SMILES string of the molecule is [N-]=[N+]=Nc1cc(-c2cccs2)ccc1[N+](=O)[O-]. The highest BCUT2D eigenvalue weighted by molar-refractivity contribution is 7.13. The fourth-order valence-corrected chi connectivity index (χ4v) is 2.13. The van der Waals surface area contributed by atoms with Crippen molar-refractivity contribution in [3.05, 3.63) is 56.3 Å². The number of nitrogens with zero attached hydrogens (tertiary/aromatic N) is 4. The van der Waals surface area contributed by atoms with Crippen molar-refractivity contribution in [2.24, 2.45) is 5.11 Å². The minimum atomic E-state index is -0.567. The zero-order valence-electron chi connectivity index (χ0n) is 8.48. The Morgan fingerprint density at radius 2 is 2.24 bits per heavy atom. The van der Waals surface area contributed by atoms with Crippen LogP contribution < -0.4 is 0 Å². The molecule has 0 amide bonds. The van der Waals surface area contributed by atoms with Gasteiger partial charge in [0.25, 0.3) is 5.69 Å². The van der Waals surface area contributed by atoms with Crippen molar-refractivity contribution in [1.82, 2.24) is 0 Å². The minimum absolute atomic E-state index is 0.0309. The van der Waals surface area contributed by atoms with Crippen molar-refractivity contribution < 1.29 is 4.92 Å². The Kier molecular flexibility index (Phi) is 3.04. The van der Waals surface area contributed by atoms with Crippen molar-refractivity contribution in [2.75, 3.05) is 0 Å². The molecule has 84 valence electrons. The summed E-state index contributed by atoms with van der Waals surface area (Å²) in [4.78, 5) is 13.7. The molecule has 0 saturated heterocycles. The van der Waals surface area contributed by atoms with Crippen molar-refractivity contribution in [3.63, 3.8) is 0 Å². The second kappa shape index (κ2) is 4.65. The highest BCUT2D eigenvalue weighted by atomic mass is 32.1. The largest absolute Gasteiger partial charge is 0.279 e. The molecular formula is C10H6N4O2S. The number of benzene rings is 1. The molecule has 0 aliphatic heterocycles. The first-order valence-corrected chi connectivity index (χ1v) is 5.48. The maximum atomic E-state index is 10.7. The third-order valence-corrected chi connectivity index (χ3v) is 3.05. The van der Waals surface area contributed by atoms with E-state index < -0.39 is 4.92 Å². The Morgan fingerprint density at radius 1 is 1.41 bits per heavy atom. The molecule has 0 unspecified atom stereocenters. The van der Waals surface area contributed by atoms with Gasteiger partial charge in [-0.25, -0.2) is 0 Å². The maximum Gasteiger partial charge on any atom is 0.279 e. The molecule has 2 aromatic rings. The second-order valence-corrected chi connectivity index (χ2v) is 4.08. The molecule has 7 heteroatoms. The topological polar surface area (TPSA) is 91.9 Å². The Labute approximate surface area is 99.9 Å². The van der Waals surface area contributed by atoms with E-state index in [1.165, 1.54) is 23.5 Å². The van der Waals surface area contributed by atoms with Gasteiger partial charge >= 0.3 is 0 Å². The molecule has 0 atom stereocenters. The third kappa shape index (κ3) is 2.25. The average molecular weight is 246 g/mol. The van der Waals surface area contributed by atoms with E-state index in [1.807, 2.05) is 17.5 Å². The fourth-order valence-electron chi connectivity index (χ4n) is 1.40. The van der Waals surface area contributed by atoms with Crippen LogP contribution in [0.15, 0.2) is 40.8 Å². The van der Waals surface area contributed by atoms with E-state index in [0.29, 0.717) is 0 Å². The molecule has 2 rings (SSSR count). The number of azide groups is 1. The molecule has 0 spiro atoms. The van der Waals surface area contributed by atoms with Crippen LogP contribution in [0.25, 0.3) is 20.9 Å². The van der Waals surface area contributed by atoms with Gasteiger partial charge in [0, 0.05) is 15.9 Å². The standard InChI is InChI=1S/C10H6N4O2S/c11-13-12-8-6-7(10-2-1-5-17-10)3-4-9(8)14(15)16/h1-6H. The van der Waals surface area contributed by atoms with Gasteiger partial charge in [-0.2, -0.15) is 0 Å². The number of nitro benzene ring substituents is 1. The number of hydrogen-bond donors (Lipinski definition) is 0. The van der Waals surface area contributed by atoms with Gasteiger partial charge in [0.1, 0.15) is 5.69 Å². The highest BCUT2D eigenvalue weighted by Gasteiger charge is 2.13. The second-order valence-electron chi connectivity index (χ2n) is 3.13. The molecule has 1 heterocycles. The van der Waals surface area contributed by atoms with E-state index in [-0.39, 0.29) is 11.4 Å². The van der Waals surface area contributed by atoms with E-state index in [9.17, 15) is 10.1 Å². The molecule has 0 aliphatic carbocycles. The zero-order chi connectivity index (χ0) is 12.3. The monoisotopic (exact) mass is 246 g/mol. The molecule has 1 aromatic heterocycles. The molecule has 0 saturated carbocycles. The normalized spacial score (nSPS) is 9.65. The summed E-state index contributed by atoms with van der Waals surface area (Å²) in [6.45, 7) is 0. The van der Waals surface area contributed by atoms with Gasteiger partial charge in [-0.15, -0.1) is 11.3 Å². The summed E-state index contributed by atoms with van der Waals surface area (Å²) in [5.74, 6) is 0. The Balaban J connectivity index is 2.57. The van der Waals surface area contributed by atoms with Gasteiger partial charge < -0.3 is 0 Å². The van der Waals surface area contributed by atoms with Gasteiger partial charge in [-0.05, 0) is 34.7 Å². The Morgan fingerprint density at radius 3 is 2.82 bits per heavy atom. The third-order valence-electron chi connectivity index (χ3n) is 2.13. The number of rotatable bonds is 3. The number of hydrogen-bond acceptors (Lipinski definition) is 4. The van der Waals surface area contributed by atoms with Gasteiger partial charge in [-0.3, -0.25) is 10.1 Å². The van der Waals surface area contributed by atoms with Crippen molar-refractivity contribution in [2.45, 2.75) is 0 Å². The minimum Gasteiger partial charge on any atom is -0.258 e. The molecule has 1 aromatic carbocycles. The number of nitro groups is 1. The average Bonchev–Trinajstić information content (AvgIpc) is 2.82. The molecule has 6 nitrogen and oxygen atoms in total. The molecular weight excluding hydrogens is 240 g/mol. The summed E-state index contributed by atoms with van der Waals surface area (Å²) < 4.78 is 0. The summed E-state index contributed by atoms with van der Waals surface area (Å²) in [7, 11) is 0. The van der Waals surface area contributed by atoms with E-state index in [1.54, 1.807) is 6.07 Å². The summed E-state index contributed by atoms with van der Waals surface area (Å²) in [6, 6.07) is 8.28. The van der Waals surface area contributed by atoms with Crippen LogP contribution in [-0.4, -0.2) is 4.92 Å². The van der Waals surface area contributed by atoms with Crippen LogP contribution in [0, 0.1) is 10.1 Å². The van der Waals surface area contributed by atoms with E-state index in [2.05, 4.69) is 10.0 Å². The van der Waals surface area contributed by atoms with Crippen LogP contribution in [-0.2, 0) is 0 Å². The first-order chi connectivity index (χ1) is 8.22. The smallest absolute Gasteiger partial charge is 0.258 e. The van der Waals surface area contributed by atoms with Crippen LogP contribution in [0.1, 0.15) is 0 Å². The van der Waals surface area contributed by atoms with Crippen LogP contribution in [0.5, 0.6) is 0 Å². The van der Waals surface area contributed by atoms with Crippen LogP contribution in [0.4, 0.5) is 11.4 Å².